The van der Waals surface area contributed by atoms with Crippen LogP contribution in [0.15, 0.2) is 46.9 Å². The van der Waals surface area contributed by atoms with Crippen LogP contribution in [0.2, 0.25) is 0 Å². The fourth-order valence-corrected chi connectivity index (χ4v) is 2.62. The van der Waals surface area contributed by atoms with E-state index in [1.54, 1.807) is 12.1 Å². The fraction of sp³-hybridized carbons (Fsp3) is 0.353. The first-order chi connectivity index (χ1) is 10.8. The van der Waals surface area contributed by atoms with Crippen LogP contribution in [0.4, 0.5) is 0 Å². The quantitative estimate of drug-likeness (QED) is 0.943. The van der Waals surface area contributed by atoms with Gasteiger partial charge < -0.3 is 19.4 Å². The Morgan fingerprint density at radius 1 is 1.18 bits per heavy atom. The summed E-state index contributed by atoms with van der Waals surface area (Å²) in [4.78, 5) is 14.2. The molecule has 1 aromatic carbocycles. The van der Waals surface area contributed by atoms with E-state index in [2.05, 4.69) is 5.32 Å². The van der Waals surface area contributed by atoms with E-state index in [1.165, 1.54) is 0 Å². The van der Waals surface area contributed by atoms with Crippen LogP contribution < -0.4 is 10.1 Å². The standard InChI is InChI=1S/C17H20N2O3/c1-18-13-9-11-19(12-10-13)17(20)15-7-8-16(22-15)21-14-5-3-2-4-6-14/h2-8,13,18H,9-12H2,1H3. The number of hydrogen-bond donors (Lipinski definition) is 1. The second-order valence-electron chi connectivity index (χ2n) is 5.39. The maximum Gasteiger partial charge on any atom is 0.290 e. The van der Waals surface area contributed by atoms with Gasteiger partial charge in [-0.1, -0.05) is 18.2 Å². The Bertz CT molecular complexity index is 616. The SMILES string of the molecule is CNC1CCN(C(=O)c2ccc(Oc3ccccc3)o2)CC1. The summed E-state index contributed by atoms with van der Waals surface area (Å²) in [6, 6.07) is 13.2. The lowest BCUT2D eigenvalue weighted by Gasteiger charge is -2.31. The number of benzene rings is 1. The summed E-state index contributed by atoms with van der Waals surface area (Å²) >= 11 is 0. The van der Waals surface area contributed by atoms with Gasteiger partial charge in [0.05, 0.1) is 0 Å². The van der Waals surface area contributed by atoms with E-state index in [9.17, 15) is 4.79 Å². The van der Waals surface area contributed by atoms with Crippen LogP contribution in [0, 0.1) is 0 Å². The van der Waals surface area contributed by atoms with E-state index in [-0.39, 0.29) is 5.91 Å². The minimum atomic E-state index is -0.0718. The Labute approximate surface area is 129 Å². The molecular formula is C17H20N2O3. The molecule has 2 aromatic rings. The molecule has 0 unspecified atom stereocenters. The number of hydrogen-bond acceptors (Lipinski definition) is 4. The summed E-state index contributed by atoms with van der Waals surface area (Å²) in [5, 5.41) is 3.25. The summed E-state index contributed by atoms with van der Waals surface area (Å²) < 4.78 is 11.1. The molecule has 1 N–H and O–H groups in total. The Morgan fingerprint density at radius 3 is 2.59 bits per heavy atom. The highest BCUT2D eigenvalue weighted by Gasteiger charge is 2.24. The number of piperidine rings is 1. The Balaban J connectivity index is 1.62. The third-order valence-corrected chi connectivity index (χ3v) is 3.94. The van der Waals surface area contributed by atoms with Gasteiger partial charge in [0.1, 0.15) is 5.75 Å². The molecule has 3 rings (SSSR count). The van der Waals surface area contributed by atoms with Crippen molar-refractivity contribution in [3.8, 4) is 11.7 Å². The number of carbonyl (C=O) groups excluding carboxylic acids is 1. The van der Waals surface area contributed by atoms with Crippen molar-refractivity contribution in [1.29, 1.82) is 0 Å². The monoisotopic (exact) mass is 300 g/mol. The number of furan rings is 1. The second kappa shape index (κ2) is 6.66. The molecule has 5 nitrogen and oxygen atoms in total. The van der Waals surface area contributed by atoms with Gasteiger partial charge in [0.25, 0.3) is 11.9 Å². The van der Waals surface area contributed by atoms with Crippen molar-refractivity contribution in [2.75, 3.05) is 20.1 Å². The first kappa shape index (κ1) is 14.7. The normalized spacial score (nSPS) is 15.8. The van der Waals surface area contributed by atoms with Gasteiger partial charge >= 0.3 is 0 Å². The van der Waals surface area contributed by atoms with Crippen molar-refractivity contribution in [2.24, 2.45) is 0 Å². The number of amides is 1. The first-order valence-corrected chi connectivity index (χ1v) is 7.55. The van der Waals surface area contributed by atoms with Crippen LogP contribution in [0.3, 0.4) is 0 Å². The van der Waals surface area contributed by atoms with Crippen molar-refractivity contribution < 1.29 is 13.9 Å². The van der Waals surface area contributed by atoms with Crippen LogP contribution in [0.25, 0.3) is 0 Å². The lowest BCUT2D eigenvalue weighted by atomic mass is 10.1. The molecule has 0 spiro atoms. The molecule has 1 aliphatic rings. The van der Waals surface area contributed by atoms with Gasteiger partial charge in [-0.15, -0.1) is 0 Å². The maximum atomic E-state index is 12.4. The third-order valence-electron chi connectivity index (χ3n) is 3.94. The van der Waals surface area contributed by atoms with Crippen molar-refractivity contribution in [1.82, 2.24) is 10.2 Å². The van der Waals surface area contributed by atoms with E-state index < -0.39 is 0 Å². The van der Waals surface area contributed by atoms with Crippen LogP contribution in [-0.4, -0.2) is 37.0 Å². The van der Waals surface area contributed by atoms with Crippen LogP contribution in [0.5, 0.6) is 11.7 Å². The smallest absolute Gasteiger partial charge is 0.290 e. The lowest BCUT2D eigenvalue weighted by Crippen LogP contribution is -2.43. The van der Waals surface area contributed by atoms with Gasteiger partial charge in [0.15, 0.2) is 5.76 Å². The lowest BCUT2D eigenvalue weighted by molar-refractivity contribution is 0.0670. The average Bonchev–Trinajstić information content (AvgIpc) is 3.04. The molecule has 2 heterocycles. The molecule has 116 valence electrons. The number of nitrogens with zero attached hydrogens (tertiary/aromatic N) is 1. The van der Waals surface area contributed by atoms with Crippen LogP contribution in [0.1, 0.15) is 23.4 Å². The number of para-hydroxylation sites is 1. The summed E-state index contributed by atoms with van der Waals surface area (Å²) in [5.41, 5.74) is 0. The topological polar surface area (TPSA) is 54.7 Å². The number of carbonyl (C=O) groups is 1. The molecule has 0 aliphatic carbocycles. The van der Waals surface area contributed by atoms with Crippen LogP contribution in [-0.2, 0) is 0 Å². The predicted octanol–water partition coefficient (Wildman–Crippen LogP) is 2.90. The van der Waals surface area contributed by atoms with Crippen molar-refractivity contribution >= 4 is 5.91 Å². The van der Waals surface area contributed by atoms with E-state index >= 15 is 0 Å². The van der Waals surface area contributed by atoms with Gasteiger partial charge in [-0.25, -0.2) is 0 Å². The third kappa shape index (κ3) is 3.31. The number of likely N-dealkylation sites (tertiary alicyclic amines) is 1. The molecule has 0 saturated carbocycles. The molecule has 0 bridgehead atoms. The van der Waals surface area contributed by atoms with Crippen LogP contribution >= 0.6 is 0 Å². The van der Waals surface area contributed by atoms with Crippen molar-refractivity contribution in [3.05, 3.63) is 48.2 Å². The number of nitrogens with one attached hydrogen (secondary N) is 1. The molecule has 0 radical (unpaired) electrons. The van der Waals surface area contributed by atoms with Crippen molar-refractivity contribution in [2.45, 2.75) is 18.9 Å². The second-order valence-corrected chi connectivity index (χ2v) is 5.39. The highest BCUT2D eigenvalue weighted by molar-refractivity contribution is 5.91. The van der Waals surface area contributed by atoms with Gasteiger partial charge in [0.2, 0.25) is 0 Å². The predicted molar refractivity (Wildman–Crippen MR) is 83.2 cm³/mol. The molecule has 22 heavy (non-hydrogen) atoms. The molecule has 1 aliphatic heterocycles. The Hall–Kier alpha value is -2.27. The molecule has 0 atom stereocenters. The summed E-state index contributed by atoms with van der Waals surface area (Å²) in [6.45, 7) is 1.50. The minimum Gasteiger partial charge on any atom is -0.426 e. The number of ether oxygens (including phenoxy) is 1. The zero-order valence-corrected chi connectivity index (χ0v) is 12.6. The fourth-order valence-electron chi connectivity index (χ4n) is 2.62. The first-order valence-electron chi connectivity index (χ1n) is 7.55. The largest absolute Gasteiger partial charge is 0.426 e. The average molecular weight is 300 g/mol. The zero-order valence-electron chi connectivity index (χ0n) is 12.6. The zero-order chi connectivity index (χ0) is 15.4. The highest BCUT2D eigenvalue weighted by atomic mass is 16.6. The van der Waals surface area contributed by atoms with Gasteiger partial charge in [-0.2, -0.15) is 0 Å². The Kier molecular flexibility index (Phi) is 4.44. The highest BCUT2D eigenvalue weighted by Crippen LogP contribution is 2.24. The molecule has 1 saturated heterocycles. The Morgan fingerprint density at radius 2 is 1.91 bits per heavy atom. The maximum absolute atomic E-state index is 12.4. The van der Waals surface area contributed by atoms with E-state index in [4.69, 9.17) is 9.15 Å². The number of rotatable bonds is 4. The molecular weight excluding hydrogens is 280 g/mol. The molecule has 1 fully saturated rings. The van der Waals surface area contributed by atoms with E-state index in [0.29, 0.717) is 23.5 Å². The van der Waals surface area contributed by atoms with Gasteiger partial charge in [0, 0.05) is 25.2 Å². The minimum absolute atomic E-state index is 0.0718. The summed E-state index contributed by atoms with van der Waals surface area (Å²) in [7, 11) is 1.96. The van der Waals surface area contributed by atoms with E-state index in [1.807, 2.05) is 42.3 Å². The molecule has 1 aromatic heterocycles. The molecule has 1 amide bonds. The van der Waals surface area contributed by atoms with Gasteiger partial charge in [-0.05, 0) is 38.1 Å². The summed E-state index contributed by atoms with van der Waals surface area (Å²) in [5.74, 6) is 1.27. The van der Waals surface area contributed by atoms with Gasteiger partial charge in [-0.3, -0.25) is 4.79 Å². The van der Waals surface area contributed by atoms with E-state index in [0.717, 1.165) is 25.9 Å². The molecule has 5 heteroatoms. The van der Waals surface area contributed by atoms with Crippen molar-refractivity contribution in [3.63, 3.8) is 0 Å². The summed E-state index contributed by atoms with van der Waals surface area (Å²) in [6.07, 6.45) is 1.94.